The van der Waals surface area contributed by atoms with Crippen LogP contribution in [0.1, 0.15) is 63.9 Å². The highest BCUT2D eigenvalue weighted by Gasteiger charge is 2.15. The van der Waals surface area contributed by atoms with Crippen molar-refractivity contribution in [2.45, 2.75) is 58.3 Å². The molecule has 0 heteroatoms. The summed E-state index contributed by atoms with van der Waals surface area (Å²) in [4.78, 5) is 0. The van der Waals surface area contributed by atoms with E-state index in [9.17, 15) is 0 Å². The summed E-state index contributed by atoms with van der Waals surface area (Å²) in [5.41, 5.74) is 5.58. The molecule has 0 N–H and O–H groups in total. The number of unbranched alkanes of at least 4 members (excludes halogenated alkanes) is 3. The van der Waals surface area contributed by atoms with Crippen molar-refractivity contribution in [1.29, 1.82) is 0 Å². The van der Waals surface area contributed by atoms with Gasteiger partial charge in [0.2, 0.25) is 0 Å². The predicted octanol–water partition coefficient (Wildman–Crippen LogP) is 7.51. The van der Waals surface area contributed by atoms with Gasteiger partial charge in [0.05, 0.1) is 0 Å². The molecule has 0 amide bonds. The first kappa shape index (κ1) is 17.0. The summed E-state index contributed by atoms with van der Waals surface area (Å²) < 4.78 is 0. The fourth-order valence-electron chi connectivity index (χ4n) is 3.78. The zero-order valence-corrected chi connectivity index (χ0v) is 15.0. The molecule has 0 saturated carbocycles. The Hall–Kier alpha value is -1.82. The lowest BCUT2D eigenvalue weighted by atomic mass is 9.83. The van der Waals surface area contributed by atoms with Gasteiger partial charge < -0.3 is 0 Å². The number of hydrogen-bond acceptors (Lipinski definition) is 0. The van der Waals surface area contributed by atoms with Crippen LogP contribution in [0.5, 0.6) is 0 Å². The molecule has 0 bridgehead atoms. The van der Waals surface area contributed by atoms with E-state index in [1.807, 2.05) is 0 Å². The molecular weight excluding hydrogens is 288 g/mol. The van der Waals surface area contributed by atoms with E-state index in [1.165, 1.54) is 68.1 Å². The van der Waals surface area contributed by atoms with E-state index in [1.54, 1.807) is 5.57 Å². The molecule has 3 rings (SSSR count). The van der Waals surface area contributed by atoms with Gasteiger partial charge in [-0.2, -0.15) is 0 Å². The first-order chi connectivity index (χ1) is 11.9. The Bertz CT molecular complexity index is 633. The molecule has 0 saturated heterocycles. The van der Waals surface area contributed by atoms with Crippen LogP contribution >= 0.6 is 0 Å². The molecule has 1 aliphatic carbocycles. The monoisotopic (exact) mass is 318 g/mol. The van der Waals surface area contributed by atoms with Crippen molar-refractivity contribution >= 4 is 5.57 Å². The van der Waals surface area contributed by atoms with Crippen LogP contribution in [0, 0.1) is 5.92 Å². The van der Waals surface area contributed by atoms with Crippen LogP contribution in [0.25, 0.3) is 16.7 Å². The highest BCUT2D eigenvalue weighted by atomic mass is 14.2. The Morgan fingerprint density at radius 3 is 2.17 bits per heavy atom. The molecule has 0 aliphatic heterocycles. The van der Waals surface area contributed by atoms with Crippen molar-refractivity contribution in [3.63, 3.8) is 0 Å². The smallest absolute Gasteiger partial charge is 0.0184 e. The molecule has 2 aromatic rings. The zero-order valence-electron chi connectivity index (χ0n) is 15.0. The van der Waals surface area contributed by atoms with Gasteiger partial charge in [0.15, 0.2) is 0 Å². The van der Waals surface area contributed by atoms with Crippen molar-refractivity contribution in [2.75, 3.05) is 0 Å². The Morgan fingerprint density at radius 2 is 1.50 bits per heavy atom. The van der Waals surface area contributed by atoms with E-state index in [-0.39, 0.29) is 0 Å². The third-order valence-corrected chi connectivity index (χ3v) is 5.35. The Morgan fingerprint density at radius 1 is 0.792 bits per heavy atom. The average molecular weight is 319 g/mol. The minimum atomic E-state index is 0.925. The highest BCUT2D eigenvalue weighted by Crippen LogP contribution is 2.33. The van der Waals surface area contributed by atoms with Crippen LogP contribution < -0.4 is 0 Å². The molecule has 126 valence electrons. The Labute approximate surface area is 147 Å². The first-order valence-corrected chi connectivity index (χ1v) is 9.71. The fraction of sp³-hybridized carbons (Fsp3) is 0.417. The molecule has 0 fully saturated rings. The molecule has 24 heavy (non-hydrogen) atoms. The van der Waals surface area contributed by atoms with Crippen LogP contribution in [-0.4, -0.2) is 0 Å². The van der Waals surface area contributed by atoms with Crippen LogP contribution in [-0.2, 0) is 0 Å². The lowest BCUT2D eigenvalue weighted by Gasteiger charge is -2.22. The normalized spacial score (nSPS) is 17.5. The van der Waals surface area contributed by atoms with E-state index in [4.69, 9.17) is 0 Å². The fourth-order valence-corrected chi connectivity index (χ4v) is 3.78. The molecule has 1 atom stereocenters. The Balaban J connectivity index is 1.57. The molecule has 2 aromatic carbocycles. The molecule has 0 heterocycles. The second-order valence-corrected chi connectivity index (χ2v) is 7.16. The second-order valence-electron chi connectivity index (χ2n) is 7.16. The van der Waals surface area contributed by atoms with Crippen molar-refractivity contribution in [1.82, 2.24) is 0 Å². The lowest BCUT2D eigenvalue weighted by molar-refractivity contribution is 0.425. The van der Waals surface area contributed by atoms with Gasteiger partial charge in [-0.25, -0.2) is 0 Å². The summed E-state index contributed by atoms with van der Waals surface area (Å²) in [7, 11) is 0. The van der Waals surface area contributed by atoms with Crippen molar-refractivity contribution in [2.24, 2.45) is 5.92 Å². The van der Waals surface area contributed by atoms with Gasteiger partial charge in [0, 0.05) is 0 Å². The number of benzene rings is 2. The third-order valence-electron chi connectivity index (χ3n) is 5.35. The topological polar surface area (TPSA) is 0 Å². The summed E-state index contributed by atoms with van der Waals surface area (Å²) in [6.45, 7) is 2.29. The van der Waals surface area contributed by atoms with Crippen molar-refractivity contribution < 1.29 is 0 Å². The maximum Gasteiger partial charge on any atom is -0.0184 e. The summed E-state index contributed by atoms with van der Waals surface area (Å²) in [6.07, 6.45) is 13.4. The van der Waals surface area contributed by atoms with Gasteiger partial charge in [0.25, 0.3) is 0 Å². The van der Waals surface area contributed by atoms with Gasteiger partial charge >= 0.3 is 0 Å². The highest BCUT2D eigenvalue weighted by molar-refractivity contribution is 5.70. The van der Waals surface area contributed by atoms with Crippen LogP contribution in [0.4, 0.5) is 0 Å². The summed E-state index contributed by atoms with van der Waals surface area (Å²) in [6, 6.07) is 19.8. The molecule has 0 nitrogen and oxygen atoms in total. The van der Waals surface area contributed by atoms with Crippen LogP contribution in [0.2, 0.25) is 0 Å². The summed E-state index contributed by atoms with van der Waals surface area (Å²) in [5, 5.41) is 0. The molecule has 1 aliphatic rings. The van der Waals surface area contributed by atoms with Crippen molar-refractivity contribution in [3.05, 3.63) is 66.2 Å². The van der Waals surface area contributed by atoms with Gasteiger partial charge in [-0.3, -0.25) is 0 Å². The van der Waals surface area contributed by atoms with Crippen LogP contribution in [0.3, 0.4) is 0 Å². The van der Waals surface area contributed by atoms with E-state index in [0.717, 1.165) is 5.92 Å². The molecular formula is C24H30. The number of rotatable bonds is 7. The Kier molecular flexibility index (Phi) is 6.29. The predicted molar refractivity (Wildman–Crippen MR) is 106 cm³/mol. The average Bonchev–Trinajstić information content (AvgIpc) is 2.67. The minimum absolute atomic E-state index is 0.925. The third kappa shape index (κ3) is 4.60. The maximum absolute atomic E-state index is 2.51. The van der Waals surface area contributed by atoms with Gasteiger partial charge in [-0.15, -0.1) is 0 Å². The SMILES string of the molecule is CCCCCCC1CC=C(c2ccc(-c3ccccc3)cc2)CC1. The molecule has 0 spiro atoms. The first-order valence-electron chi connectivity index (χ1n) is 9.71. The van der Waals surface area contributed by atoms with Gasteiger partial charge in [-0.05, 0) is 47.4 Å². The van der Waals surface area contributed by atoms with Crippen molar-refractivity contribution in [3.8, 4) is 11.1 Å². The summed E-state index contributed by atoms with van der Waals surface area (Å²) >= 11 is 0. The van der Waals surface area contributed by atoms with E-state index < -0.39 is 0 Å². The molecule has 1 unspecified atom stereocenters. The summed E-state index contributed by atoms with van der Waals surface area (Å²) in [5.74, 6) is 0.925. The lowest BCUT2D eigenvalue weighted by Crippen LogP contribution is -2.05. The molecule has 0 radical (unpaired) electrons. The minimum Gasteiger partial charge on any atom is -0.0804 e. The maximum atomic E-state index is 2.51. The van der Waals surface area contributed by atoms with E-state index in [0.29, 0.717) is 0 Å². The van der Waals surface area contributed by atoms with Gasteiger partial charge in [-0.1, -0.05) is 99.7 Å². The molecule has 0 aromatic heterocycles. The number of allylic oxidation sites excluding steroid dienone is 2. The van der Waals surface area contributed by atoms with Gasteiger partial charge in [0.1, 0.15) is 0 Å². The number of hydrogen-bond donors (Lipinski definition) is 0. The largest absolute Gasteiger partial charge is 0.0804 e. The standard InChI is InChI=1S/C24H30/c1-2-3-4-6-9-20-12-14-22(15-13-20)24-18-16-23(17-19-24)21-10-7-5-8-11-21/h5,7-8,10-11,14,16-20H,2-4,6,9,12-13,15H2,1H3. The zero-order chi connectivity index (χ0) is 16.6. The quantitative estimate of drug-likeness (QED) is 0.463. The van der Waals surface area contributed by atoms with E-state index in [2.05, 4.69) is 67.6 Å². The second kappa shape index (κ2) is 8.87. The van der Waals surface area contributed by atoms with Crippen LogP contribution in [0.15, 0.2) is 60.7 Å². The van der Waals surface area contributed by atoms with E-state index >= 15 is 0 Å².